The van der Waals surface area contributed by atoms with Gasteiger partial charge >= 0.3 is 0 Å². The highest BCUT2D eigenvalue weighted by molar-refractivity contribution is 5.95. The van der Waals surface area contributed by atoms with Crippen LogP contribution in [0.3, 0.4) is 0 Å². The van der Waals surface area contributed by atoms with Gasteiger partial charge in [0.25, 0.3) is 5.91 Å². The first-order valence-electron chi connectivity index (χ1n) is 5.92. The maximum atomic E-state index is 13.5. The molecule has 1 aromatic rings. The highest BCUT2D eigenvalue weighted by atomic mass is 19.2. The van der Waals surface area contributed by atoms with E-state index < -0.39 is 17.5 Å². The number of halogens is 2. The average molecular weight is 255 g/mol. The van der Waals surface area contributed by atoms with E-state index in [9.17, 15) is 18.7 Å². The summed E-state index contributed by atoms with van der Waals surface area (Å²) >= 11 is 0. The number of amides is 1. The van der Waals surface area contributed by atoms with Crippen LogP contribution in [0.5, 0.6) is 0 Å². The lowest BCUT2D eigenvalue weighted by Crippen LogP contribution is -2.40. The molecule has 2 unspecified atom stereocenters. The van der Waals surface area contributed by atoms with Crippen LogP contribution in [-0.2, 0) is 0 Å². The summed E-state index contributed by atoms with van der Waals surface area (Å²) in [6, 6.07) is 3.22. The SMILES string of the molecule is CC1CCN(C(=O)c2cccc(F)c2F)C1CO. The highest BCUT2D eigenvalue weighted by Gasteiger charge is 2.35. The Morgan fingerprint density at radius 2 is 2.22 bits per heavy atom. The average Bonchev–Trinajstić information content (AvgIpc) is 2.73. The maximum Gasteiger partial charge on any atom is 0.257 e. The van der Waals surface area contributed by atoms with Gasteiger partial charge in [-0.3, -0.25) is 4.79 Å². The van der Waals surface area contributed by atoms with Gasteiger partial charge in [0.05, 0.1) is 18.2 Å². The third-order valence-electron chi connectivity index (χ3n) is 3.51. The fourth-order valence-corrected chi connectivity index (χ4v) is 2.36. The predicted octanol–water partition coefficient (Wildman–Crippen LogP) is 1.81. The Bertz CT molecular complexity index is 464. The number of nitrogens with zero attached hydrogens (tertiary/aromatic N) is 1. The molecule has 0 aromatic heterocycles. The summed E-state index contributed by atoms with van der Waals surface area (Å²) in [7, 11) is 0. The Labute approximate surface area is 104 Å². The van der Waals surface area contributed by atoms with Crippen LogP contribution in [0.2, 0.25) is 0 Å². The molecule has 1 aliphatic heterocycles. The third kappa shape index (κ3) is 2.10. The fraction of sp³-hybridized carbons (Fsp3) is 0.462. The Balaban J connectivity index is 2.29. The Kier molecular flexibility index (Phi) is 3.61. The van der Waals surface area contributed by atoms with Crippen molar-refractivity contribution in [3.63, 3.8) is 0 Å². The molecular weight excluding hydrogens is 240 g/mol. The molecule has 18 heavy (non-hydrogen) atoms. The minimum absolute atomic E-state index is 0.163. The zero-order valence-electron chi connectivity index (χ0n) is 10.1. The molecule has 1 saturated heterocycles. The van der Waals surface area contributed by atoms with E-state index in [4.69, 9.17) is 0 Å². The number of aliphatic hydroxyl groups is 1. The van der Waals surface area contributed by atoms with E-state index in [1.165, 1.54) is 17.0 Å². The van der Waals surface area contributed by atoms with Crippen molar-refractivity contribution in [2.45, 2.75) is 19.4 Å². The number of hydrogen-bond acceptors (Lipinski definition) is 2. The first-order chi connectivity index (χ1) is 8.56. The van der Waals surface area contributed by atoms with Crippen LogP contribution < -0.4 is 0 Å². The summed E-state index contributed by atoms with van der Waals surface area (Å²) < 4.78 is 26.6. The normalized spacial score (nSPS) is 23.4. The number of aliphatic hydroxyl groups excluding tert-OH is 1. The molecule has 5 heteroatoms. The number of carbonyl (C=O) groups excluding carboxylic acids is 1. The molecule has 0 spiro atoms. The van der Waals surface area contributed by atoms with Crippen molar-refractivity contribution in [1.82, 2.24) is 4.90 Å². The molecule has 3 nitrogen and oxygen atoms in total. The molecule has 1 fully saturated rings. The highest BCUT2D eigenvalue weighted by Crippen LogP contribution is 2.26. The van der Waals surface area contributed by atoms with Crippen LogP contribution in [0, 0.1) is 17.6 Å². The Morgan fingerprint density at radius 3 is 2.89 bits per heavy atom. The number of carbonyl (C=O) groups is 1. The van der Waals surface area contributed by atoms with Crippen LogP contribution in [0.15, 0.2) is 18.2 Å². The summed E-state index contributed by atoms with van der Waals surface area (Å²) in [4.78, 5) is 13.6. The second kappa shape index (κ2) is 5.02. The molecule has 1 heterocycles. The van der Waals surface area contributed by atoms with Crippen LogP contribution in [-0.4, -0.2) is 35.1 Å². The van der Waals surface area contributed by atoms with Gasteiger partial charge in [-0.05, 0) is 24.5 Å². The van der Waals surface area contributed by atoms with Gasteiger partial charge < -0.3 is 10.0 Å². The van der Waals surface area contributed by atoms with E-state index in [1.54, 1.807) is 0 Å². The number of rotatable bonds is 2. The van der Waals surface area contributed by atoms with Crippen molar-refractivity contribution in [2.75, 3.05) is 13.2 Å². The van der Waals surface area contributed by atoms with E-state index in [0.29, 0.717) is 6.54 Å². The number of hydrogen-bond donors (Lipinski definition) is 1. The minimum Gasteiger partial charge on any atom is -0.394 e. The van der Waals surface area contributed by atoms with Crippen molar-refractivity contribution < 1.29 is 18.7 Å². The van der Waals surface area contributed by atoms with Crippen molar-refractivity contribution in [3.8, 4) is 0 Å². The molecule has 0 bridgehead atoms. The fourth-order valence-electron chi connectivity index (χ4n) is 2.36. The first-order valence-corrected chi connectivity index (χ1v) is 5.92. The van der Waals surface area contributed by atoms with Crippen LogP contribution in [0.4, 0.5) is 8.78 Å². The van der Waals surface area contributed by atoms with Gasteiger partial charge in [-0.25, -0.2) is 8.78 Å². The van der Waals surface area contributed by atoms with Crippen LogP contribution in [0.25, 0.3) is 0 Å². The van der Waals surface area contributed by atoms with Crippen molar-refractivity contribution in [1.29, 1.82) is 0 Å². The standard InChI is InChI=1S/C13H15F2NO2/c1-8-5-6-16(11(8)7-17)13(18)9-3-2-4-10(14)12(9)15/h2-4,8,11,17H,5-7H2,1H3. The molecule has 0 aliphatic carbocycles. The van der Waals surface area contributed by atoms with Gasteiger partial charge in [0.15, 0.2) is 11.6 Å². The number of benzene rings is 1. The molecule has 98 valence electrons. The monoisotopic (exact) mass is 255 g/mol. The minimum atomic E-state index is -1.13. The predicted molar refractivity (Wildman–Crippen MR) is 62.0 cm³/mol. The smallest absolute Gasteiger partial charge is 0.257 e. The zero-order valence-corrected chi connectivity index (χ0v) is 10.1. The third-order valence-corrected chi connectivity index (χ3v) is 3.51. The van der Waals surface area contributed by atoms with Crippen LogP contribution >= 0.6 is 0 Å². The summed E-state index contributed by atoms with van der Waals surface area (Å²) in [6.45, 7) is 2.22. The van der Waals surface area contributed by atoms with E-state index >= 15 is 0 Å². The molecule has 2 atom stereocenters. The van der Waals surface area contributed by atoms with Gasteiger partial charge in [0.1, 0.15) is 0 Å². The summed E-state index contributed by atoms with van der Waals surface area (Å²) in [5.41, 5.74) is -0.275. The lowest BCUT2D eigenvalue weighted by molar-refractivity contribution is 0.0642. The van der Waals surface area contributed by atoms with E-state index in [2.05, 4.69) is 0 Å². The van der Waals surface area contributed by atoms with Gasteiger partial charge in [-0.1, -0.05) is 13.0 Å². The molecule has 0 saturated carbocycles. The van der Waals surface area contributed by atoms with Crippen molar-refractivity contribution in [3.05, 3.63) is 35.4 Å². The van der Waals surface area contributed by atoms with Gasteiger partial charge in [-0.2, -0.15) is 0 Å². The molecule has 1 amide bonds. The van der Waals surface area contributed by atoms with E-state index in [-0.39, 0.29) is 24.1 Å². The Hall–Kier alpha value is -1.49. The van der Waals surface area contributed by atoms with Gasteiger partial charge in [-0.15, -0.1) is 0 Å². The molecule has 1 aromatic carbocycles. The van der Waals surface area contributed by atoms with Crippen molar-refractivity contribution in [2.24, 2.45) is 5.92 Å². The zero-order chi connectivity index (χ0) is 13.3. The second-order valence-corrected chi connectivity index (χ2v) is 4.62. The molecule has 2 rings (SSSR count). The van der Waals surface area contributed by atoms with E-state index in [1.807, 2.05) is 6.92 Å². The second-order valence-electron chi connectivity index (χ2n) is 4.62. The molecule has 0 radical (unpaired) electrons. The molecule has 1 N–H and O–H groups in total. The lowest BCUT2D eigenvalue weighted by Gasteiger charge is -2.25. The largest absolute Gasteiger partial charge is 0.394 e. The summed E-state index contributed by atoms with van der Waals surface area (Å²) in [5.74, 6) is -2.56. The number of likely N-dealkylation sites (tertiary alicyclic amines) is 1. The van der Waals surface area contributed by atoms with E-state index in [0.717, 1.165) is 12.5 Å². The molecule has 1 aliphatic rings. The van der Waals surface area contributed by atoms with Gasteiger partial charge in [0.2, 0.25) is 0 Å². The van der Waals surface area contributed by atoms with Crippen LogP contribution in [0.1, 0.15) is 23.7 Å². The van der Waals surface area contributed by atoms with Crippen molar-refractivity contribution >= 4 is 5.91 Å². The maximum absolute atomic E-state index is 13.5. The lowest BCUT2D eigenvalue weighted by atomic mass is 10.0. The first kappa shape index (κ1) is 13.0. The quantitative estimate of drug-likeness (QED) is 0.875. The Morgan fingerprint density at radius 1 is 1.50 bits per heavy atom. The summed E-state index contributed by atoms with van der Waals surface area (Å²) in [5, 5.41) is 9.26. The topological polar surface area (TPSA) is 40.5 Å². The van der Waals surface area contributed by atoms with Gasteiger partial charge in [0, 0.05) is 6.54 Å². The summed E-state index contributed by atoms with van der Waals surface area (Å²) in [6.07, 6.45) is 0.758. The molecular formula is C13H15F2NO2.